The number of benzene rings is 1. The van der Waals surface area contributed by atoms with Gasteiger partial charge < -0.3 is 9.32 Å². The van der Waals surface area contributed by atoms with Crippen molar-refractivity contribution in [3.63, 3.8) is 0 Å². The molecule has 3 heterocycles. The van der Waals surface area contributed by atoms with Gasteiger partial charge in [-0.2, -0.15) is 0 Å². The van der Waals surface area contributed by atoms with Gasteiger partial charge in [0.25, 0.3) is 11.1 Å². The van der Waals surface area contributed by atoms with E-state index in [0.29, 0.717) is 29.1 Å². The van der Waals surface area contributed by atoms with Gasteiger partial charge in [-0.05, 0) is 54.9 Å². The predicted molar refractivity (Wildman–Crippen MR) is 110 cm³/mol. The van der Waals surface area contributed by atoms with Crippen LogP contribution in [-0.2, 0) is 9.59 Å². The zero-order valence-electron chi connectivity index (χ0n) is 15.2. The maximum Gasteiger partial charge on any atom is 0.294 e. The number of nitrogens with zero attached hydrogens (tertiary/aromatic N) is 2. The molecule has 6 nitrogen and oxygen atoms in total. The number of hydrogen-bond acceptors (Lipinski definition) is 5. The summed E-state index contributed by atoms with van der Waals surface area (Å²) in [7, 11) is 0. The molecule has 9 heteroatoms. The van der Waals surface area contributed by atoms with Crippen molar-refractivity contribution in [1.82, 2.24) is 9.80 Å². The van der Waals surface area contributed by atoms with E-state index < -0.39 is 17.0 Å². The largest absolute Gasteiger partial charge is 0.457 e. The number of hydrogen-bond donors (Lipinski definition) is 0. The molecule has 3 amide bonds. The van der Waals surface area contributed by atoms with Crippen LogP contribution in [0.15, 0.2) is 44.1 Å². The molecule has 1 aromatic heterocycles. The van der Waals surface area contributed by atoms with Crippen molar-refractivity contribution in [2.75, 3.05) is 19.6 Å². The number of furan rings is 1. The Balaban J connectivity index is 1.50. The van der Waals surface area contributed by atoms with Crippen LogP contribution in [0.2, 0.25) is 0 Å². The fourth-order valence-corrected chi connectivity index (χ4v) is 4.38. The molecule has 0 bridgehead atoms. The molecule has 4 rings (SSSR count). The Morgan fingerprint density at radius 3 is 2.69 bits per heavy atom. The number of halogens is 2. The van der Waals surface area contributed by atoms with Gasteiger partial charge in [-0.1, -0.05) is 15.9 Å². The molecule has 0 spiro atoms. The van der Waals surface area contributed by atoms with E-state index in [1.54, 1.807) is 29.2 Å². The Morgan fingerprint density at radius 1 is 1.21 bits per heavy atom. The molecule has 0 aliphatic carbocycles. The highest BCUT2D eigenvalue weighted by molar-refractivity contribution is 9.10. The number of thioether (sulfide) groups is 1. The molecule has 1 aromatic carbocycles. The van der Waals surface area contributed by atoms with E-state index >= 15 is 0 Å². The quantitative estimate of drug-likeness (QED) is 0.604. The van der Waals surface area contributed by atoms with Gasteiger partial charge in [-0.15, -0.1) is 0 Å². The van der Waals surface area contributed by atoms with Gasteiger partial charge in [0, 0.05) is 23.6 Å². The predicted octanol–water partition coefficient (Wildman–Crippen LogP) is 4.51. The van der Waals surface area contributed by atoms with E-state index in [-0.39, 0.29) is 22.9 Å². The third-order valence-corrected chi connectivity index (χ3v) is 6.12. The monoisotopic (exact) mass is 478 g/mol. The lowest BCUT2D eigenvalue weighted by molar-refractivity contribution is -0.135. The first-order valence-corrected chi connectivity index (χ1v) is 10.6. The molecular formula is C20H16BrFN2O4S. The Hall–Kier alpha value is -2.39. The summed E-state index contributed by atoms with van der Waals surface area (Å²) >= 11 is 3.96. The van der Waals surface area contributed by atoms with Gasteiger partial charge in [-0.3, -0.25) is 19.3 Å². The lowest BCUT2D eigenvalue weighted by Crippen LogP contribution is -2.40. The van der Waals surface area contributed by atoms with Crippen LogP contribution in [0.3, 0.4) is 0 Å². The SMILES string of the molecule is O=C(CN1C(=O)S/C(=C/c2ccc(-c3ccc(Br)cc3F)o2)C1=O)N1CCCC1. The first-order chi connectivity index (χ1) is 13.9. The number of imide groups is 1. The van der Waals surface area contributed by atoms with Crippen LogP contribution in [0.25, 0.3) is 17.4 Å². The summed E-state index contributed by atoms with van der Waals surface area (Å²) in [6.07, 6.45) is 3.31. The van der Waals surface area contributed by atoms with Gasteiger partial charge in [-0.25, -0.2) is 4.39 Å². The molecule has 2 aliphatic rings. The topological polar surface area (TPSA) is 70.8 Å². The molecule has 0 radical (unpaired) electrons. The molecule has 2 aliphatic heterocycles. The van der Waals surface area contributed by atoms with Gasteiger partial charge in [0.15, 0.2) is 0 Å². The van der Waals surface area contributed by atoms with E-state index in [0.717, 1.165) is 29.5 Å². The Kier molecular flexibility index (Phi) is 5.60. The molecule has 0 saturated carbocycles. The normalized spacial score (nSPS) is 18.3. The lowest BCUT2D eigenvalue weighted by Gasteiger charge is -2.18. The summed E-state index contributed by atoms with van der Waals surface area (Å²) in [5.74, 6) is -0.568. The highest BCUT2D eigenvalue weighted by Gasteiger charge is 2.37. The van der Waals surface area contributed by atoms with Crippen LogP contribution in [0.4, 0.5) is 9.18 Å². The minimum atomic E-state index is -0.527. The fraction of sp³-hybridized carbons (Fsp3) is 0.250. The molecule has 2 fully saturated rings. The number of rotatable bonds is 4. The van der Waals surface area contributed by atoms with Crippen LogP contribution < -0.4 is 0 Å². The van der Waals surface area contributed by atoms with Crippen LogP contribution in [0, 0.1) is 5.82 Å². The van der Waals surface area contributed by atoms with Crippen molar-refractivity contribution < 1.29 is 23.2 Å². The maximum absolute atomic E-state index is 14.1. The zero-order chi connectivity index (χ0) is 20.5. The number of carbonyl (C=O) groups excluding carboxylic acids is 3. The number of carbonyl (C=O) groups is 3. The zero-order valence-corrected chi connectivity index (χ0v) is 17.6. The summed E-state index contributed by atoms with van der Waals surface area (Å²) in [6, 6.07) is 7.81. The van der Waals surface area contributed by atoms with Crippen LogP contribution in [0.5, 0.6) is 0 Å². The molecule has 0 N–H and O–H groups in total. The number of amides is 3. The molecule has 2 aromatic rings. The highest BCUT2D eigenvalue weighted by atomic mass is 79.9. The van der Waals surface area contributed by atoms with Gasteiger partial charge in [0.05, 0.1) is 10.5 Å². The Labute approximate surface area is 178 Å². The fourth-order valence-electron chi connectivity index (χ4n) is 3.23. The van der Waals surface area contributed by atoms with Crippen LogP contribution in [0.1, 0.15) is 18.6 Å². The van der Waals surface area contributed by atoms with Crippen molar-refractivity contribution >= 4 is 50.8 Å². The molecule has 29 heavy (non-hydrogen) atoms. The second kappa shape index (κ2) is 8.16. The summed E-state index contributed by atoms with van der Waals surface area (Å²) in [5, 5.41) is -0.487. The van der Waals surface area contributed by atoms with Crippen molar-refractivity contribution in [3.05, 3.63) is 51.3 Å². The van der Waals surface area contributed by atoms with Crippen molar-refractivity contribution in [3.8, 4) is 11.3 Å². The van der Waals surface area contributed by atoms with E-state index in [1.165, 1.54) is 12.1 Å². The molecular weight excluding hydrogens is 463 g/mol. The van der Waals surface area contributed by atoms with Gasteiger partial charge in [0.2, 0.25) is 5.91 Å². The second-order valence-electron chi connectivity index (χ2n) is 6.68. The summed E-state index contributed by atoms with van der Waals surface area (Å²) in [5.41, 5.74) is 0.289. The molecule has 0 atom stereocenters. The van der Waals surface area contributed by atoms with Gasteiger partial charge >= 0.3 is 0 Å². The average Bonchev–Trinajstić information content (AvgIpc) is 3.41. The van der Waals surface area contributed by atoms with E-state index in [2.05, 4.69) is 15.9 Å². The van der Waals surface area contributed by atoms with Crippen LogP contribution in [-0.4, -0.2) is 46.5 Å². The van der Waals surface area contributed by atoms with E-state index in [4.69, 9.17) is 4.42 Å². The summed E-state index contributed by atoms with van der Waals surface area (Å²) < 4.78 is 20.4. The second-order valence-corrected chi connectivity index (χ2v) is 8.59. The maximum atomic E-state index is 14.1. The Bertz CT molecular complexity index is 1030. The molecule has 0 unspecified atom stereocenters. The van der Waals surface area contributed by atoms with Crippen molar-refractivity contribution in [2.45, 2.75) is 12.8 Å². The minimum absolute atomic E-state index is 0.168. The average molecular weight is 479 g/mol. The first-order valence-electron chi connectivity index (χ1n) is 9.01. The molecule has 150 valence electrons. The van der Waals surface area contributed by atoms with E-state index in [9.17, 15) is 18.8 Å². The van der Waals surface area contributed by atoms with Crippen LogP contribution >= 0.6 is 27.7 Å². The smallest absolute Gasteiger partial charge is 0.294 e. The number of likely N-dealkylation sites (tertiary alicyclic amines) is 1. The lowest BCUT2D eigenvalue weighted by atomic mass is 10.1. The first kappa shape index (κ1) is 19.9. The van der Waals surface area contributed by atoms with Crippen molar-refractivity contribution in [1.29, 1.82) is 0 Å². The van der Waals surface area contributed by atoms with Gasteiger partial charge in [0.1, 0.15) is 23.9 Å². The third-order valence-electron chi connectivity index (χ3n) is 4.72. The minimum Gasteiger partial charge on any atom is -0.457 e. The van der Waals surface area contributed by atoms with E-state index in [1.807, 2.05) is 0 Å². The standard InChI is InChI=1S/C20H16BrFN2O4S/c21-12-3-5-14(15(22)9-12)16-6-4-13(28-16)10-17-19(26)24(20(27)29-17)11-18(25)23-7-1-2-8-23/h3-6,9-10H,1-2,7-8,11H2/b17-10+. The Morgan fingerprint density at radius 2 is 1.97 bits per heavy atom. The third kappa shape index (κ3) is 4.16. The molecule has 2 saturated heterocycles. The van der Waals surface area contributed by atoms with Crippen molar-refractivity contribution in [2.24, 2.45) is 0 Å². The summed E-state index contributed by atoms with van der Waals surface area (Å²) in [6.45, 7) is 1.06. The summed E-state index contributed by atoms with van der Waals surface area (Å²) in [4.78, 5) is 39.8. The highest BCUT2D eigenvalue weighted by Crippen LogP contribution is 2.34.